The molecular weight excluding hydrogens is 346 g/mol. The van der Waals surface area contributed by atoms with Crippen LogP contribution in [0.25, 0.3) is 11.0 Å². The zero-order valence-corrected chi connectivity index (χ0v) is 14.3. The van der Waals surface area contributed by atoms with Gasteiger partial charge in [-0.25, -0.2) is 4.79 Å². The molecule has 1 aliphatic heterocycles. The number of fused-ring (bicyclic) bond motifs is 4. The number of aromatic hydroxyl groups is 1. The normalized spacial score (nSPS) is 15.1. The number of nitrogens with zero attached hydrogens (tertiary/aromatic N) is 1. The summed E-state index contributed by atoms with van der Waals surface area (Å²) in [6, 6.07) is 12.4. The summed E-state index contributed by atoms with van der Waals surface area (Å²) in [5.41, 5.74) is 2.89. The van der Waals surface area contributed by atoms with E-state index in [9.17, 15) is 9.90 Å². The molecule has 134 valence electrons. The van der Waals surface area contributed by atoms with Crippen LogP contribution in [0.4, 0.5) is 11.5 Å². The lowest BCUT2D eigenvalue weighted by Crippen LogP contribution is -2.22. The fraction of sp³-hybridized carbons (Fsp3) is 0.100. The summed E-state index contributed by atoms with van der Waals surface area (Å²) in [7, 11) is 1.49. The summed E-state index contributed by atoms with van der Waals surface area (Å²) in [6.45, 7) is 0. The molecule has 2 aromatic carbocycles. The van der Waals surface area contributed by atoms with Gasteiger partial charge in [-0.15, -0.1) is 0 Å². The van der Waals surface area contributed by atoms with Gasteiger partial charge in [-0.05, 0) is 29.8 Å². The first-order valence-corrected chi connectivity index (χ1v) is 8.40. The molecule has 3 N–H and O–H groups in total. The van der Waals surface area contributed by atoms with Crippen molar-refractivity contribution in [2.24, 2.45) is 0 Å². The maximum Gasteiger partial charge on any atom is 0.342 e. The van der Waals surface area contributed by atoms with Crippen molar-refractivity contribution in [3.8, 4) is 11.5 Å². The number of phenolic OH excluding ortho intramolecular Hbond substituents is 1. The van der Waals surface area contributed by atoms with Gasteiger partial charge in [-0.2, -0.15) is 5.10 Å². The van der Waals surface area contributed by atoms with Gasteiger partial charge in [0.1, 0.15) is 11.4 Å². The van der Waals surface area contributed by atoms with Crippen molar-refractivity contribution < 1.29 is 14.3 Å². The summed E-state index contributed by atoms with van der Waals surface area (Å²) in [5, 5.41) is 21.1. The first-order valence-electron chi connectivity index (χ1n) is 8.40. The molecule has 0 saturated carbocycles. The zero-order valence-electron chi connectivity index (χ0n) is 14.3. The number of benzene rings is 2. The maximum atomic E-state index is 12.9. The SMILES string of the molecule is COc1cc(C2c3cn[nH]c3Nc3c2c(=O)oc2ccccc32)ccc1O. The minimum Gasteiger partial charge on any atom is -0.504 e. The van der Waals surface area contributed by atoms with E-state index in [1.54, 1.807) is 30.5 Å². The number of anilines is 2. The third-order valence-electron chi connectivity index (χ3n) is 4.90. The van der Waals surface area contributed by atoms with E-state index in [0.717, 1.165) is 22.3 Å². The summed E-state index contributed by atoms with van der Waals surface area (Å²) >= 11 is 0. The molecule has 0 saturated heterocycles. The molecule has 7 nitrogen and oxygen atoms in total. The third kappa shape index (κ3) is 2.21. The van der Waals surface area contributed by atoms with E-state index in [-0.39, 0.29) is 5.75 Å². The Morgan fingerprint density at radius 3 is 2.93 bits per heavy atom. The molecule has 2 aromatic heterocycles. The lowest BCUT2D eigenvalue weighted by atomic mass is 9.83. The maximum absolute atomic E-state index is 12.9. The van der Waals surface area contributed by atoms with Crippen LogP contribution in [-0.4, -0.2) is 22.4 Å². The van der Waals surface area contributed by atoms with E-state index in [0.29, 0.717) is 22.6 Å². The molecule has 0 aliphatic carbocycles. The smallest absolute Gasteiger partial charge is 0.342 e. The monoisotopic (exact) mass is 361 g/mol. The molecule has 0 bridgehead atoms. The second-order valence-corrected chi connectivity index (χ2v) is 6.36. The Morgan fingerprint density at radius 1 is 1.22 bits per heavy atom. The van der Waals surface area contributed by atoms with Gasteiger partial charge < -0.3 is 19.6 Å². The number of rotatable bonds is 2. The van der Waals surface area contributed by atoms with Gasteiger partial charge in [0, 0.05) is 16.9 Å². The van der Waals surface area contributed by atoms with Crippen LogP contribution in [0.1, 0.15) is 22.6 Å². The molecule has 0 radical (unpaired) electrons. The molecular formula is C20H15N3O4. The van der Waals surface area contributed by atoms with Crippen molar-refractivity contribution in [3.63, 3.8) is 0 Å². The van der Waals surface area contributed by atoms with E-state index >= 15 is 0 Å². The average Bonchev–Trinajstić information content (AvgIpc) is 3.15. The van der Waals surface area contributed by atoms with Crippen LogP contribution >= 0.6 is 0 Å². The Morgan fingerprint density at radius 2 is 2.07 bits per heavy atom. The second kappa shape index (κ2) is 5.63. The minimum absolute atomic E-state index is 0.0355. The van der Waals surface area contributed by atoms with Crippen molar-refractivity contribution in [1.29, 1.82) is 0 Å². The predicted octanol–water partition coefficient (Wildman–Crippen LogP) is 3.47. The van der Waals surface area contributed by atoms with Crippen LogP contribution < -0.4 is 15.7 Å². The fourth-order valence-electron chi connectivity index (χ4n) is 3.68. The first-order chi connectivity index (χ1) is 13.2. The van der Waals surface area contributed by atoms with Crippen LogP contribution in [0.2, 0.25) is 0 Å². The van der Waals surface area contributed by atoms with E-state index in [1.165, 1.54) is 7.11 Å². The Labute approximate surface area is 153 Å². The first kappa shape index (κ1) is 15.5. The van der Waals surface area contributed by atoms with Crippen LogP contribution in [0.15, 0.2) is 57.9 Å². The van der Waals surface area contributed by atoms with Crippen molar-refractivity contribution in [2.75, 3.05) is 12.4 Å². The summed E-state index contributed by atoms with van der Waals surface area (Å²) in [5.74, 6) is 0.678. The Balaban J connectivity index is 1.84. The standard InChI is InChI=1S/C20H15N3O4/c1-26-15-8-10(6-7-13(15)24)16-12-9-21-23-19(12)22-18-11-4-2-3-5-14(11)27-20(25)17(16)18/h2-9,16,24H,1H3,(H2,21,22,23). The number of phenols is 1. The molecule has 0 fully saturated rings. The Hall–Kier alpha value is -3.74. The van der Waals surface area contributed by atoms with Crippen LogP contribution in [0.5, 0.6) is 11.5 Å². The van der Waals surface area contributed by atoms with E-state index in [1.807, 2.05) is 18.2 Å². The lowest BCUT2D eigenvalue weighted by molar-refractivity contribution is 0.373. The number of ether oxygens (including phenoxy) is 1. The van der Waals surface area contributed by atoms with E-state index in [2.05, 4.69) is 15.5 Å². The minimum atomic E-state index is -0.417. The van der Waals surface area contributed by atoms with Gasteiger partial charge in [0.2, 0.25) is 0 Å². The number of hydrogen-bond acceptors (Lipinski definition) is 6. The molecule has 1 atom stereocenters. The number of aromatic amines is 1. The molecule has 7 heteroatoms. The highest BCUT2D eigenvalue weighted by Crippen LogP contribution is 2.46. The topological polar surface area (TPSA) is 100 Å². The average molecular weight is 361 g/mol. The Bertz CT molecular complexity index is 1240. The van der Waals surface area contributed by atoms with Crippen molar-refractivity contribution in [2.45, 2.75) is 5.92 Å². The van der Waals surface area contributed by atoms with Gasteiger partial charge >= 0.3 is 5.63 Å². The molecule has 0 amide bonds. The number of para-hydroxylation sites is 1. The highest BCUT2D eigenvalue weighted by Gasteiger charge is 2.33. The van der Waals surface area contributed by atoms with Crippen molar-refractivity contribution in [3.05, 3.63) is 75.8 Å². The van der Waals surface area contributed by atoms with Crippen molar-refractivity contribution >= 4 is 22.5 Å². The van der Waals surface area contributed by atoms with E-state index in [4.69, 9.17) is 9.15 Å². The lowest BCUT2D eigenvalue weighted by Gasteiger charge is -2.26. The van der Waals surface area contributed by atoms with Crippen LogP contribution in [0.3, 0.4) is 0 Å². The Kier molecular flexibility index (Phi) is 3.24. The molecule has 1 aliphatic rings. The quantitative estimate of drug-likeness (QED) is 0.416. The van der Waals surface area contributed by atoms with E-state index < -0.39 is 11.5 Å². The van der Waals surface area contributed by atoms with Gasteiger partial charge in [-0.3, -0.25) is 5.10 Å². The number of nitrogens with one attached hydrogen (secondary N) is 2. The third-order valence-corrected chi connectivity index (χ3v) is 4.90. The number of H-pyrrole nitrogens is 1. The highest BCUT2D eigenvalue weighted by molar-refractivity contribution is 5.95. The molecule has 3 heterocycles. The number of methoxy groups -OCH3 is 1. The number of hydrogen-bond donors (Lipinski definition) is 3. The van der Waals surface area contributed by atoms with Gasteiger partial charge in [0.25, 0.3) is 0 Å². The van der Waals surface area contributed by atoms with Crippen molar-refractivity contribution in [1.82, 2.24) is 10.2 Å². The molecule has 27 heavy (non-hydrogen) atoms. The second-order valence-electron chi connectivity index (χ2n) is 6.36. The number of aromatic nitrogens is 2. The molecule has 1 unspecified atom stereocenters. The van der Waals surface area contributed by atoms with Gasteiger partial charge in [0.05, 0.1) is 24.6 Å². The highest BCUT2D eigenvalue weighted by atomic mass is 16.5. The van der Waals surface area contributed by atoms with Crippen LogP contribution in [0, 0.1) is 0 Å². The summed E-state index contributed by atoms with van der Waals surface area (Å²) in [4.78, 5) is 12.9. The molecule has 4 aromatic rings. The molecule has 5 rings (SSSR count). The zero-order chi connectivity index (χ0) is 18.5. The van der Waals surface area contributed by atoms with Gasteiger partial charge in [0.15, 0.2) is 11.5 Å². The van der Waals surface area contributed by atoms with Gasteiger partial charge in [-0.1, -0.05) is 18.2 Å². The summed E-state index contributed by atoms with van der Waals surface area (Å²) in [6.07, 6.45) is 1.68. The largest absolute Gasteiger partial charge is 0.504 e. The predicted molar refractivity (Wildman–Crippen MR) is 100.0 cm³/mol. The fourth-order valence-corrected chi connectivity index (χ4v) is 3.68. The summed E-state index contributed by atoms with van der Waals surface area (Å²) < 4.78 is 10.8. The molecule has 0 spiro atoms. The van der Waals surface area contributed by atoms with Crippen LogP contribution in [-0.2, 0) is 0 Å².